The van der Waals surface area contributed by atoms with Crippen LogP contribution in [0.5, 0.6) is 0 Å². The van der Waals surface area contributed by atoms with Crippen LogP contribution >= 0.6 is 0 Å². The molecule has 0 aliphatic carbocycles. The molecular formula is C24H28F3N3O. The molecule has 2 aromatic rings. The van der Waals surface area contributed by atoms with Gasteiger partial charge in [0.2, 0.25) is 5.91 Å². The molecule has 4 nitrogen and oxygen atoms in total. The Balaban J connectivity index is 1.68. The summed E-state index contributed by atoms with van der Waals surface area (Å²) in [5, 5.41) is 3.06. The van der Waals surface area contributed by atoms with Crippen LogP contribution in [0.15, 0.2) is 48.5 Å². The fourth-order valence-electron chi connectivity index (χ4n) is 4.62. The van der Waals surface area contributed by atoms with Crippen molar-refractivity contribution in [2.75, 3.05) is 29.4 Å². The number of rotatable bonds is 4. The highest BCUT2D eigenvalue weighted by Crippen LogP contribution is 2.40. The predicted octanol–water partition coefficient (Wildman–Crippen LogP) is 4.49. The van der Waals surface area contributed by atoms with Crippen LogP contribution in [-0.4, -0.2) is 37.6 Å². The maximum atomic E-state index is 13.3. The molecule has 3 atom stereocenters. The van der Waals surface area contributed by atoms with Gasteiger partial charge in [-0.1, -0.05) is 25.1 Å². The third-order valence-electron chi connectivity index (χ3n) is 6.50. The number of piperazine rings is 1. The molecule has 0 spiro atoms. The zero-order valence-electron chi connectivity index (χ0n) is 17.8. The minimum Gasteiger partial charge on any atom is -0.368 e. The molecule has 0 saturated carbocycles. The monoisotopic (exact) mass is 431 g/mol. The topological polar surface area (TPSA) is 35.6 Å². The Morgan fingerprint density at radius 3 is 2.58 bits per heavy atom. The number of halogens is 3. The Bertz CT molecular complexity index is 931. The first-order chi connectivity index (χ1) is 14.8. The molecule has 0 radical (unpaired) electrons. The second-order valence-electron chi connectivity index (χ2n) is 8.51. The van der Waals surface area contributed by atoms with E-state index in [4.69, 9.17) is 0 Å². The highest BCUT2D eigenvalue weighted by Gasteiger charge is 2.43. The summed E-state index contributed by atoms with van der Waals surface area (Å²) < 4.78 is 39.9. The lowest BCUT2D eigenvalue weighted by Gasteiger charge is -2.50. The number of nitrogens with zero attached hydrogens (tertiary/aromatic N) is 2. The predicted molar refractivity (Wildman–Crippen MR) is 116 cm³/mol. The van der Waals surface area contributed by atoms with E-state index in [9.17, 15) is 18.0 Å². The molecule has 1 fully saturated rings. The highest BCUT2D eigenvalue weighted by atomic mass is 19.4. The van der Waals surface area contributed by atoms with E-state index in [2.05, 4.69) is 27.2 Å². The molecule has 2 heterocycles. The molecule has 166 valence electrons. The summed E-state index contributed by atoms with van der Waals surface area (Å²) in [6.45, 7) is 6.01. The van der Waals surface area contributed by atoms with Crippen LogP contribution in [0.1, 0.15) is 31.4 Å². The molecule has 1 saturated heterocycles. The molecule has 0 bridgehead atoms. The summed E-state index contributed by atoms with van der Waals surface area (Å²) in [7, 11) is 0. The quantitative estimate of drug-likeness (QED) is 0.775. The third-order valence-corrected chi connectivity index (χ3v) is 6.50. The van der Waals surface area contributed by atoms with Crippen LogP contribution in [0.25, 0.3) is 0 Å². The molecular weight excluding hydrogens is 403 g/mol. The van der Waals surface area contributed by atoms with Gasteiger partial charge in [-0.25, -0.2) is 0 Å². The Hall–Kier alpha value is -2.70. The van der Waals surface area contributed by atoms with Crippen LogP contribution in [0.3, 0.4) is 0 Å². The average molecular weight is 432 g/mol. The summed E-state index contributed by atoms with van der Waals surface area (Å²) >= 11 is 0. The van der Waals surface area contributed by atoms with Crippen molar-refractivity contribution in [3.05, 3.63) is 59.7 Å². The van der Waals surface area contributed by atoms with Crippen molar-refractivity contribution in [2.24, 2.45) is 5.92 Å². The molecule has 0 unspecified atom stereocenters. The zero-order valence-corrected chi connectivity index (χ0v) is 17.8. The number of benzene rings is 2. The lowest BCUT2D eigenvalue weighted by Crippen LogP contribution is -2.61. The van der Waals surface area contributed by atoms with E-state index in [1.807, 2.05) is 32.0 Å². The molecule has 1 amide bonds. The minimum atomic E-state index is -4.40. The van der Waals surface area contributed by atoms with Gasteiger partial charge in [0.25, 0.3) is 0 Å². The van der Waals surface area contributed by atoms with Gasteiger partial charge >= 0.3 is 6.18 Å². The average Bonchev–Trinajstić information content (AvgIpc) is 2.77. The molecule has 7 heteroatoms. The SMILES string of the molecule is CC[C@H](C)NC(=O)[C@H]1Cc2cc(C(F)(F)F)ccc2N2CCN(c3ccccc3)C[C@H]12. The van der Waals surface area contributed by atoms with Crippen LogP contribution in [-0.2, 0) is 17.4 Å². The molecule has 1 N–H and O–H groups in total. The maximum Gasteiger partial charge on any atom is 0.416 e. The fourth-order valence-corrected chi connectivity index (χ4v) is 4.62. The molecule has 2 aliphatic rings. The van der Waals surface area contributed by atoms with Crippen molar-refractivity contribution < 1.29 is 18.0 Å². The molecule has 2 aliphatic heterocycles. The summed E-state index contributed by atoms with van der Waals surface area (Å²) in [6.07, 6.45) is -3.28. The third kappa shape index (κ3) is 4.36. The first-order valence-corrected chi connectivity index (χ1v) is 10.8. The van der Waals surface area contributed by atoms with Gasteiger partial charge in [-0.15, -0.1) is 0 Å². The van der Waals surface area contributed by atoms with Crippen LogP contribution < -0.4 is 15.1 Å². The number of para-hydroxylation sites is 1. The summed E-state index contributed by atoms with van der Waals surface area (Å²) in [5.74, 6) is -0.487. The van der Waals surface area contributed by atoms with Crippen LogP contribution in [0.2, 0.25) is 0 Å². The number of fused-ring (bicyclic) bond motifs is 3. The fraction of sp³-hybridized carbons (Fsp3) is 0.458. The first kappa shape index (κ1) is 21.5. The van der Waals surface area contributed by atoms with Crippen molar-refractivity contribution in [2.45, 2.75) is 44.9 Å². The number of hydrogen-bond acceptors (Lipinski definition) is 3. The van der Waals surface area contributed by atoms with Gasteiger partial charge in [0.05, 0.1) is 17.5 Å². The Kier molecular flexibility index (Phi) is 5.86. The Labute approximate surface area is 181 Å². The van der Waals surface area contributed by atoms with Crippen molar-refractivity contribution in [3.63, 3.8) is 0 Å². The van der Waals surface area contributed by atoms with E-state index in [0.29, 0.717) is 25.1 Å². The smallest absolute Gasteiger partial charge is 0.368 e. The first-order valence-electron chi connectivity index (χ1n) is 10.8. The van der Waals surface area contributed by atoms with Crippen molar-refractivity contribution in [1.29, 1.82) is 0 Å². The van der Waals surface area contributed by atoms with Crippen molar-refractivity contribution in [1.82, 2.24) is 5.32 Å². The van der Waals surface area contributed by atoms with Crippen molar-refractivity contribution in [3.8, 4) is 0 Å². The number of alkyl halides is 3. The number of amides is 1. The maximum absolute atomic E-state index is 13.3. The van der Waals surface area contributed by atoms with E-state index in [1.165, 1.54) is 6.07 Å². The van der Waals surface area contributed by atoms with Crippen molar-refractivity contribution >= 4 is 17.3 Å². The second-order valence-corrected chi connectivity index (χ2v) is 8.51. The number of anilines is 2. The minimum absolute atomic E-state index is 0.0256. The zero-order chi connectivity index (χ0) is 22.2. The van der Waals surface area contributed by atoms with Gasteiger partial charge in [0.15, 0.2) is 0 Å². The number of carbonyl (C=O) groups is 1. The molecule has 4 rings (SSSR count). The van der Waals surface area contributed by atoms with Crippen LogP contribution in [0.4, 0.5) is 24.5 Å². The summed E-state index contributed by atoms with van der Waals surface area (Å²) in [4.78, 5) is 17.6. The van der Waals surface area contributed by atoms with Gasteiger partial charge in [-0.3, -0.25) is 4.79 Å². The lowest BCUT2D eigenvalue weighted by molar-refractivity contribution is -0.137. The van der Waals surface area contributed by atoms with Gasteiger partial charge in [0, 0.05) is 37.1 Å². The Morgan fingerprint density at radius 2 is 1.90 bits per heavy atom. The summed E-state index contributed by atoms with van der Waals surface area (Å²) in [5.41, 5.74) is 1.86. The molecule has 2 aromatic carbocycles. The van der Waals surface area contributed by atoms with Crippen LogP contribution in [0, 0.1) is 5.92 Å². The normalized spacial score (nSPS) is 21.8. The van der Waals surface area contributed by atoms with E-state index >= 15 is 0 Å². The van der Waals surface area contributed by atoms with Gasteiger partial charge in [-0.2, -0.15) is 13.2 Å². The largest absolute Gasteiger partial charge is 0.416 e. The van der Waals surface area contributed by atoms with E-state index < -0.39 is 17.7 Å². The molecule has 31 heavy (non-hydrogen) atoms. The number of carbonyl (C=O) groups excluding carboxylic acids is 1. The van der Waals surface area contributed by atoms with E-state index in [-0.39, 0.29) is 18.0 Å². The van der Waals surface area contributed by atoms with E-state index in [0.717, 1.165) is 30.4 Å². The molecule has 0 aromatic heterocycles. The lowest BCUT2D eigenvalue weighted by atomic mass is 9.82. The van der Waals surface area contributed by atoms with E-state index in [1.54, 1.807) is 6.07 Å². The number of nitrogens with one attached hydrogen (secondary N) is 1. The van der Waals surface area contributed by atoms with Gasteiger partial charge in [0.1, 0.15) is 0 Å². The van der Waals surface area contributed by atoms with Gasteiger partial charge < -0.3 is 15.1 Å². The Morgan fingerprint density at radius 1 is 1.16 bits per heavy atom. The standard InChI is InChI=1S/C24H28F3N3O/c1-3-16(2)28-23(31)20-14-17-13-18(24(25,26)27)9-10-21(17)30-12-11-29(15-22(20)30)19-7-5-4-6-8-19/h4-10,13,16,20,22H,3,11-12,14-15H2,1-2H3,(H,28,31)/t16-,20-,22+/m0/s1. The van der Waals surface area contributed by atoms with Gasteiger partial charge in [-0.05, 0) is 55.7 Å². The second kappa shape index (κ2) is 8.44. The summed E-state index contributed by atoms with van der Waals surface area (Å²) in [6, 6.07) is 13.9. The highest BCUT2D eigenvalue weighted by molar-refractivity contribution is 5.82. The number of hydrogen-bond donors (Lipinski definition) is 1.